The van der Waals surface area contributed by atoms with Gasteiger partial charge in [-0.2, -0.15) is 0 Å². The van der Waals surface area contributed by atoms with Crippen molar-refractivity contribution in [1.82, 2.24) is 0 Å². The zero-order valence-electron chi connectivity index (χ0n) is 8.57. The average molecular weight is 208 g/mol. The first-order valence-corrected chi connectivity index (χ1v) is 4.88. The summed E-state index contributed by atoms with van der Waals surface area (Å²) < 4.78 is 5.37. The number of ether oxygens (including phenoxy) is 1. The van der Waals surface area contributed by atoms with Crippen LogP contribution < -0.4 is 10.5 Å². The lowest BCUT2D eigenvalue weighted by molar-refractivity contribution is 0.299. The minimum atomic E-state index is 0.131. The summed E-state index contributed by atoms with van der Waals surface area (Å²) in [5.74, 6) is 0.893. The molecule has 0 atom stereocenters. The van der Waals surface area contributed by atoms with E-state index in [-0.39, 0.29) is 12.4 Å². The third kappa shape index (κ3) is 4.46. The molecule has 0 saturated carbocycles. The number of aliphatic hydroxyl groups is 1. The van der Waals surface area contributed by atoms with E-state index in [9.17, 15) is 0 Å². The second-order valence-electron chi connectivity index (χ2n) is 3.24. The van der Waals surface area contributed by atoms with E-state index in [0.717, 1.165) is 11.3 Å². The molecule has 1 rings (SSSR count). The summed E-state index contributed by atoms with van der Waals surface area (Å²) in [6.45, 7) is 0.583. The van der Waals surface area contributed by atoms with Gasteiger partial charge in [0, 0.05) is 13.0 Å². The molecule has 0 bridgehead atoms. The minimum absolute atomic E-state index is 0.131. The van der Waals surface area contributed by atoms with Crippen LogP contribution in [0.2, 0.25) is 0 Å². The van der Waals surface area contributed by atoms with Crippen LogP contribution in [0, 0.1) is 5.41 Å². The molecule has 4 heteroatoms. The zero-order valence-corrected chi connectivity index (χ0v) is 8.57. The van der Waals surface area contributed by atoms with Gasteiger partial charge in [-0.15, -0.1) is 0 Å². The first kappa shape index (κ1) is 11.5. The smallest absolute Gasteiger partial charge is 0.119 e. The molecular formula is C11H16N2O2. The summed E-state index contributed by atoms with van der Waals surface area (Å²) >= 11 is 0. The molecule has 0 fully saturated rings. The fourth-order valence-electron chi connectivity index (χ4n) is 1.16. The highest BCUT2D eigenvalue weighted by Crippen LogP contribution is 2.12. The summed E-state index contributed by atoms with van der Waals surface area (Å²) in [6.07, 6.45) is 1.10. The lowest BCUT2D eigenvalue weighted by Gasteiger charge is -2.06. The summed E-state index contributed by atoms with van der Waals surface area (Å²) in [4.78, 5) is 0. The Balaban J connectivity index is 2.39. The van der Waals surface area contributed by atoms with Gasteiger partial charge in [-0.25, -0.2) is 0 Å². The van der Waals surface area contributed by atoms with E-state index < -0.39 is 0 Å². The standard InChI is InChI=1S/C11H16N2O2/c12-11(13)6-8-15-10-3-1-9(2-4-10)5-7-14/h1-4,14H,5-8H2,(H3,12,13). The van der Waals surface area contributed by atoms with Crippen LogP contribution in [-0.4, -0.2) is 24.2 Å². The predicted molar refractivity (Wildman–Crippen MR) is 59.3 cm³/mol. The van der Waals surface area contributed by atoms with Gasteiger partial charge in [0.25, 0.3) is 0 Å². The summed E-state index contributed by atoms with van der Waals surface area (Å²) in [7, 11) is 0. The van der Waals surface area contributed by atoms with Gasteiger partial charge < -0.3 is 15.6 Å². The van der Waals surface area contributed by atoms with Crippen LogP contribution in [0.4, 0.5) is 0 Å². The van der Waals surface area contributed by atoms with Crippen LogP contribution in [-0.2, 0) is 6.42 Å². The summed E-state index contributed by atoms with van der Waals surface area (Å²) in [6, 6.07) is 7.54. The van der Waals surface area contributed by atoms with E-state index in [2.05, 4.69) is 0 Å². The molecular weight excluding hydrogens is 192 g/mol. The molecule has 0 spiro atoms. The van der Waals surface area contributed by atoms with E-state index in [1.54, 1.807) is 0 Å². The fraction of sp³-hybridized carbons (Fsp3) is 0.364. The van der Waals surface area contributed by atoms with Crippen LogP contribution in [0.3, 0.4) is 0 Å². The van der Waals surface area contributed by atoms with Crippen LogP contribution in [0.1, 0.15) is 12.0 Å². The van der Waals surface area contributed by atoms with E-state index in [1.165, 1.54) is 0 Å². The molecule has 0 aliphatic rings. The van der Waals surface area contributed by atoms with Gasteiger partial charge in [-0.05, 0) is 24.1 Å². The molecule has 0 aliphatic carbocycles. The topological polar surface area (TPSA) is 79.3 Å². The molecule has 0 aliphatic heterocycles. The van der Waals surface area contributed by atoms with Crippen molar-refractivity contribution in [1.29, 1.82) is 5.41 Å². The Morgan fingerprint density at radius 1 is 1.33 bits per heavy atom. The maximum atomic E-state index is 8.72. The molecule has 0 unspecified atom stereocenters. The van der Waals surface area contributed by atoms with Gasteiger partial charge in [0.1, 0.15) is 5.75 Å². The summed E-state index contributed by atoms with van der Waals surface area (Å²) in [5, 5.41) is 15.7. The normalized spacial score (nSPS) is 9.93. The van der Waals surface area contributed by atoms with Gasteiger partial charge in [0.15, 0.2) is 0 Å². The zero-order chi connectivity index (χ0) is 11.1. The molecule has 1 aromatic carbocycles. The quantitative estimate of drug-likeness (QED) is 0.480. The Morgan fingerprint density at radius 3 is 2.53 bits per heavy atom. The second-order valence-corrected chi connectivity index (χ2v) is 3.24. The highest BCUT2D eigenvalue weighted by atomic mass is 16.5. The number of hydrogen-bond donors (Lipinski definition) is 3. The third-order valence-corrected chi connectivity index (χ3v) is 1.96. The lowest BCUT2D eigenvalue weighted by Crippen LogP contribution is -2.13. The van der Waals surface area contributed by atoms with Crippen molar-refractivity contribution in [2.75, 3.05) is 13.2 Å². The number of nitrogens with two attached hydrogens (primary N) is 1. The van der Waals surface area contributed by atoms with Crippen molar-refractivity contribution < 1.29 is 9.84 Å². The predicted octanol–water partition coefficient (Wildman–Crippen LogP) is 0.926. The lowest BCUT2D eigenvalue weighted by atomic mass is 10.1. The second kappa shape index (κ2) is 6.03. The van der Waals surface area contributed by atoms with Crippen molar-refractivity contribution in [2.45, 2.75) is 12.8 Å². The van der Waals surface area contributed by atoms with Gasteiger partial charge >= 0.3 is 0 Å². The van der Waals surface area contributed by atoms with Gasteiger partial charge in [0.05, 0.1) is 12.4 Å². The van der Waals surface area contributed by atoms with Crippen molar-refractivity contribution in [3.05, 3.63) is 29.8 Å². The summed E-state index contributed by atoms with van der Waals surface area (Å²) in [5.41, 5.74) is 6.28. The van der Waals surface area contributed by atoms with Gasteiger partial charge in [-0.3, -0.25) is 5.41 Å². The molecule has 15 heavy (non-hydrogen) atoms. The van der Waals surface area contributed by atoms with Crippen LogP contribution in [0.15, 0.2) is 24.3 Å². The Labute approximate surface area is 89.2 Å². The Bertz CT molecular complexity index is 309. The number of aliphatic hydroxyl groups excluding tert-OH is 1. The van der Waals surface area contributed by atoms with Crippen LogP contribution >= 0.6 is 0 Å². The van der Waals surface area contributed by atoms with E-state index >= 15 is 0 Å². The van der Waals surface area contributed by atoms with Crippen LogP contribution in [0.5, 0.6) is 5.75 Å². The van der Waals surface area contributed by atoms with Crippen molar-refractivity contribution >= 4 is 5.84 Å². The van der Waals surface area contributed by atoms with Gasteiger partial charge in [0.2, 0.25) is 0 Å². The molecule has 1 aromatic rings. The number of benzene rings is 1. The monoisotopic (exact) mass is 208 g/mol. The third-order valence-electron chi connectivity index (χ3n) is 1.96. The highest BCUT2D eigenvalue weighted by molar-refractivity contribution is 5.76. The number of nitrogens with one attached hydrogen (secondary N) is 1. The van der Waals surface area contributed by atoms with Crippen molar-refractivity contribution in [2.24, 2.45) is 5.73 Å². The first-order chi connectivity index (χ1) is 7.22. The largest absolute Gasteiger partial charge is 0.493 e. The molecule has 0 heterocycles. The minimum Gasteiger partial charge on any atom is -0.493 e. The average Bonchev–Trinajstić information content (AvgIpc) is 2.20. The molecule has 0 radical (unpaired) electrons. The SMILES string of the molecule is N=C(N)CCOc1ccc(CCO)cc1. The Hall–Kier alpha value is -1.55. The number of amidine groups is 1. The van der Waals surface area contributed by atoms with Crippen LogP contribution in [0.25, 0.3) is 0 Å². The molecule has 4 N–H and O–H groups in total. The maximum absolute atomic E-state index is 8.72. The van der Waals surface area contributed by atoms with Crippen molar-refractivity contribution in [3.63, 3.8) is 0 Å². The molecule has 0 amide bonds. The maximum Gasteiger partial charge on any atom is 0.119 e. The molecule has 4 nitrogen and oxygen atoms in total. The van der Waals surface area contributed by atoms with Crippen molar-refractivity contribution in [3.8, 4) is 5.75 Å². The number of hydrogen-bond acceptors (Lipinski definition) is 3. The molecule has 0 aromatic heterocycles. The van der Waals surface area contributed by atoms with E-state index in [1.807, 2.05) is 24.3 Å². The Morgan fingerprint density at radius 2 is 2.00 bits per heavy atom. The molecule has 82 valence electrons. The van der Waals surface area contributed by atoms with Gasteiger partial charge in [-0.1, -0.05) is 12.1 Å². The van der Waals surface area contributed by atoms with E-state index in [4.69, 9.17) is 21.0 Å². The first-order valence-electron chi connectivity index (χ1n) is 4.88. The number of rotatable bonds is 6. The fourth-order valence-corrected chi connectivity index (χ4v) is 1.16. The molecule has 0 saturated heterocycles. The Kier molecular flexibility index (Phi) is 4.63. The van der Waals surface area contributed by atoms with E-state index in [0.29, 0.717) is 19.4 Å². The highest BCUT2D eigenvalue weighted by Gasteiger charge is 1.96.